The standard InChI is InChI=1S/C13H9NO3/c1-2-8-17-11-10(12(15)14-13(11)16)9-6-4-3-5-7-9/h1,3-7H,8H2,(H,14,15,16). The van der Waals surface area contributed by atoms with Gasteiger partial charge in [0.25, 0.3) is 11.8 Å². The molecule has 17 heavy (non-hydrogen) atoms. The molecule has 1 aromatic carbocycles. The van der Waals surface area contributed by atoms with Crippen molar-refractivity contribution in [3.63, 3.8) is 0 Å². The number of hydrogen-bond acceptors (Lipinski definition) is 3. The number of hydrogen-bond donors (Lipinski definition) is 1. The molecule has 1 aliphatic rings. The van der Waals surface area contributed by atoms with Crippen LogP contribution in [0.3, 0.4) is 0 Å². The van der Waals surface area contributed by atoms with Crippen molar-refractivity contribution in [3.8, 4) is 12.3 Å². The summed E-state index contributed by atoms with van der Waals surface area (Å²) < 4.78 is 5.11. The highest BCUT2D eigenvalue weighted by molar-refractivity contribution is 6.35. The molecule has 1 aliphatic heterocycles. The van der Waals surface area contributed by atoms with E-state index in [0.717, 1.165) is 0 Å². The van der Waals surface area contributed by atoms with E-state index in [-0.39, 0.29) is 17.9 Å². The van der Waals surface area contributed by atoms with Gasteiger partial charge >= 0.3 is 0 Å². The molecule has 0 radical (unpaired) electrons. The lowest BCUT2D eigenvalue weighted by atomic mass is 10.1. The van der Waals surface area contributed by atoms with E-state index in [1.807, 2.05) is 6.07 Å². The average molecular weight is 227 g/mol. The van der Waals surface area contributed by atoms with Gasteiger partial charge in [0, 0.05) is 0 Å². The molecule has 0 aliphatic carbocycles. The van der Waals surface area contributed by atoms with Crippen LogP contribution < -0.4 is 5.32 Å². The number of benzene rings is 1. The zero-order chi connectivity index (χ0) is 12.3. The molecule has 1 aromatic rings. The Morgan fingerprint density at radius 1 is 1.18 bits per heavy atom. The molecule has 2 rings (SSSR count). The van der Waals surface area contributed by atoms with Crippen LogP contribution in [-0.4, -0.2) is 18.4 Å². The summed E-state index contributed by atoms with van der Waals surface area (Å²) in [5, 5.41) is 2.18. The van der Waals surface area contributed by atoms with E-state index in [4.69, 9.17) is 11.2 Å². The second-order valence-electron chi connectivity index (χ2n) is 3.35. The number of carbonyl (C=O) groups excluding carboxylic acids is 2. The molecule has 84 valence electrons. The second kappa shape index (κ2) is 4.54. The van der Waals surface area contributed by atoms with E-state index in [9.17, 15) is 9.59 Å². The maximum Gasteiger partial charge on any atom is 0.294 e. The molecule has 0 unspecified atom stereocenters. The largest absolute Gasteiger partial charge is 0.474 e. The van der Waals surface area contributed by atoms with E-state index >= 15 is 0 Å². The Kier molecular flexibility index (Phi) is 2.93. The third kappa shape index (κ3) is 2.04. The SMILES string of the molecule is C#CCOC1=C(c2ccccc2)C(=O)NC1=O. The zero-order valence-corrected chi connectivity index (χ0v) is 8.90. The Labute approximate surface area is 98.3 Å². The Balaban J connectivity index is 2.45. The summed E-state index contributed by atoms with van der Waals surface area (Å²) in [4.78, 5) is 23.1. The summed E-state index contributed by atoms with van der Waals surface area (Å²) in [6.07, 6.45) is 5.06. The lowest BCUT2D eigenvalue weighted by Crippen LogP contribution is -2.23. The van der Waals surface area contributed by atoms with Crippen LogP contribution in [0.1, 0.15) is 5.56 Å². The molecular weight excluding hydrogens is 218 g/mol. The first kappa shape index (κ1) is 11.0. The molecule has 2 amide bonds. The van der Waals surface area contributed by atoms with Gasteiger partial charge < -0.3 is 4.74 Å². The van der Waals surface area contributed by atoms with E-state index in [2.05, 4.69) is 11.2 Å². The van der Waals surface area contributed by atoms with E-state index < -0.39 is 11.8 Å². The van der Waals surface area contributed by atoms with Crippen molar-refractivity contribution in [2.45, 2.75) is 0 Å². The maximum absolute atomic E-state index is 11.6. The minimum Gasteiger partial charge on any atom is -0.474 e. The number of imide groups is 1. The highest BCUT2D eigenvalue weighted by atomic mass is 16.5. The van der Waals surface area contributed by atoms with E-state index in [1.165, 1.54) is 0 Å². The average Bonchev–Trinajstić information content (AvgIpc) is 2.62. The van der Waals surface area contributed by atoms with Crippen LogP contribution in [0, 0.1) is 12.3 Å². The number of rotatable bonds is 3. The molecule has 1 N–H and O–H groups in total. The van der Waals surface area contributed by atoms with Gasteiger partial charge in [0.2, 0.25) is 0 Å². The third-order valence-electron chi connectivity index (χ3n) is 2.25. The van der Waals surface area contributed by atoms with Crippen LogP contribution in [0.5, 0.6) is 0 Å². The fourth-order valence-electron chi connectivity index (χ4n) is 1.56. The van der Waals surface area contributed by atoms with E-state index in [0.29, 0.717) is 5.56 Å². The van der Waals surface area contributed by atoms with Crippen LogP contribution in [0.4, 0.5) is 0 Å². The molecule has 0 saturated carbocycles. The molecular formula is C13H9NO3. The number of carbonyl (C=O) groups is 2. The van der Waals surface area contributed by atoms with Gasteiger partial charge in [0.05, 0.1) is 5.57 Å². The second-order valence-corrected chi connectivity index (χ2v) is 3.35. The summed E-state index contributed by atoms with van der Waals surface area (Å²) in [5.74, 6) is 1.22. The first-order chi connectivity index (χ1) is 8.24. The van der Waals surface area contributed by atoms with Crippen LogP contribution in [0.2, 0.25) is 0 Å². The van der Waals surface area contributed by atoms with Crippen LogP contribution in [0.15, 0.2) is 36.1 Å². The van der Waals surface area contributed by atoms with Crippen molar-refractivity contribution < 1.29 is 14.3 Å². The predicted octanol–water partition coefficient (Wildman–Crippen LogP) is 0.704. The summed E-state index contributed by atoms with van der Waals surface area (Å²) in [7, 11) is 0. The predicted molar refractivity (Wildman–Crippen MR) is 61.3 cm³/mol. The van der Waals surface area contributed by atoms with Crippen molar-refractivity contribution in [2.75, 3.05) is 6.61 Å². The molecule has 0 saturated heterocycles. The Morgan fingerprint density at radius 2 is 1.88 bits per heavy atom. The minimum atomic E-state index is -0.552. The topological polar surface area (TPSA) is 55.4 Å². The minimum absolute atomic E-state index is 0.0147. The molecule has 0 aromatic heterocycles. The smallest absolute Gasteiger partial charge is 0.294 e. The van der Waals surface area contributed by atoms with Gasteiger partial charge in [-0.3, -0.25) is 14.9 Å². The molecule has 4 heteroatoms. The lowest BCUT2D eigenvalue weighted by Gasteiger charge is -2.03. The van der Waals surface area contributed by atoms with Crippen LogP contribution in [-0.2, 0) is 14.3 Å². The highest BCUT2D eigenvalue weighted by Gasteiger charge is 2.32. The van der Waals surface area contributed by atoms with Crippen molar-refractivity contribution in [3.05, 3.63) is 41.7 Å². The van der Waals surface area contributed by atoms with Gasteiger partial charge in [-0.25, -0.2) is 0 Å². The fourth-order valence-corrected chi connectivity index (χ4v) is 1.56. The van der Waals surface area contributed by atoms with Crippen LogP contribution >= 0.6 is 0 Å². The maximum atomic E-state index is 11.6. The molecule has 1 heterocycles. The quantitative estimate of drug-likeness (QED) is 0.611. The first-order valence-corrected chi connectivity index (χ1v) is 4.95. The summed E-state index contributed by atoms with van der Waals surface area (Å²) in [6.45, 7) is -0.0492. The van der Waals surface area contributed by atoms with Crippen molar-refractivity contribution in [1.29, 1.82) is 0 Å². The normalized spacial score (nSPS) is 14.5. The van der Waals surface area contributed by atoms with Gasteiger partial charge in [0.1, 0.15) is 6.61 Å². The van der Waals surface area contributed by atoms with Crippen molar-refractivity contribution in [1.82, 2.24) is 5.32 Å². The number of nitrogens with one attached hydrogen (secondary N) is 1. The summed E-state index contributed by atoms with van der Waals surface area (Å²) in [5.41, 5.74) is 0.855. The Hall–Kier alpha value is -2.54. The monoisotopic (exact) mass is 227 g/mol. The van der Waals surface area contributed by atoms with Gasteiger partial charge in [-0.2, -0.15) is 0 Å². The number of terminal acetylenes is 1. The van der Waals surface area contributed by atoms with Gasteiger partial charge in [-0.15, -0.1) is 6.42 Å². The van der Waals surface area contributed by atoms with E-state index in [1.54, 1.807) is 24.3 Å². The lowest BCUT2D eigenvalue weighted by molar-refractivity contribution is -0.125. The number of amides is 2. The fraction of sp³-hybridized carbons (Fsp3) is 0.0769. The summed E-state index contributed by atoms with van der Waals surface area (Å²) in [6, 6.07) is 8.83. The molecule has 4 nitrogen and oxygen atoms in total. The molecule has 0 bridgehead atoms. The Bertz CT molecular complexity index is 538. The number of ether oxygens (including phenoxy) is 1. The molecule has 0 spiro atoms. The van der Waals surface area contributed by atoms with Crippen LogP contribution in [0.25, 0.3) is 5.57 Å². The van der Waals surface area contributed by atoms with Gasteiger partial charge in [-0.1, -0.05) is 36.3 Å². The Morgan fingerprint density at radius 3 is 2.53 bits per heavy atom. The first-order valence-electron chi connectivity index (χ1n) is 4.95. The molecule has 0 fully saturated rings. The summed E-state index contributed by atoms with van der Waals surface area (Å²) >= 11 is 0. The van der Waals surface area contributed by atoms with Gasteiger partial charge in [0.15, 0.2) is 5.76 Å². The molecule has 0 atom stereocenters. The highest BCUT2D eigenvalue weighted by Crippen LogP contribution is 2.24. The zero-order valence-electron chi connectivity index (χ0n) is 8.90. The third-order valence-corrected chi connectivity index (χ3v) is 2.25. The van der Waals surface area contributed by atoms with Gasteiger partial charge in [-0.05, 0) is 5.56 Å². The van der Waals surface area contributed by atoms with Crippen molar-refractivity contribution in [2.24, 2.45) is 0 Å². The van der Waals surface area contributed by atoms with Crippen molar-refractivity contribution >= 4 is 17.4 Å².